The fourth-order valence-corrected chi connectivity index (χ4v) is 6.96. The Kier molecular flexibility index (Phi) is 5.29. The zero-order valence-corrected chi connectivity index (χ0v) is 17.9. The molecule has 0 amide bonds. The monoisotopic (exact) mass is 433 g/mol. The van der Waals surface area contributed by atoms with Crippen LogP contribution in [0.2, 0.25) is 0 Å². The van der Waals surface area contributed by atoms with Gasteiger partial charge in [0.2, 0.25) is 10.0 Å². The summed E-state index contributed by atoms with van der Waals surface area (Å²) in [5.74, 6) is -0.465. The van der Waals surface area contributed by atoms with Crippen molar-refractivity contribution in [1.82, 2.24) is 14.2 Å². The Morgan fingerprint density at radius 2 is 1.83 bits per heavy atom. The lowest BCUT2D eigenvalue weighted by molar-refractivity contribution is 0.0137. The molecule has 30 heavy (non-hydrogen) atoms. The average Bonchev–Trinajstić information content (AvgIpc) is 3.17. The van der Waals surface area contributed by atoms with Crippen LogP contribution in [0.1, 0.15) is 32.1 Å². The zero-order valence-electron chi connectivity index (χ0n) is 17.1. The maximum absolute atomic E-state index is 13.5. The predicted octanol–water partition coefficient (Wildman–Crippen LogP) is 3.03. The van der Waals surface area contributed by atoms with E-state index in [1.807, 2.05) is 0 Å². The molecule has 1 atom stereocenters. The first-order chi connectivity index (χ1) is 14.5. The summed E-state index contributed by atoms with van der Waals surface area (Å²) in [5.41, 5.74) is 0.860. The van der Waals surface area contributed by atoms with Crippen molar-refractivity contribution >= 4 is 20.9 Å². The lowest BCUT2D eigenvalue weighted by Gasteiger charge is -2.40. The lowest BCUT2D eigenvalue weighted by Crippen LogP contribution is -2.45. The number of benzene rings is 1. The van der Waals surface area contributed by atoms with Crippen LogP contribution in [0.4, 0.5) is 4.39 Å². The molecule has 3 heterocycles. The highest BCUT2D eigenvalue weighted by molar-refractivity contribution is 7.89. The van der Waals surface area contributed by atoms with Crippen LogP contribution in [0.5, 0.6) is 0 Å². The summed E-state index contributed by atoms with van der Waals surface area (Å²) >= 11 is 0. The molecule has 0 bridgehead atoms. The molecule has 3 aliphatic rings. The quantitative estimate of drug-likeness (QED) is 0.745. The molecule has 1 saturated carbocycles. The minimum absolute atomic E-state index is 0.218. The fraction of sp³-hybridized carbons (Fsp3) is 0.591. The molecule has 0 radical (unpaired) electrons. The molecule has 6 nitrogen and oxygen atoms in total. The van der Waals surface area contributed by atoms with Crippen molar-refractivity contribution in [2.24, 2.45) is 5.41 Å². The maximum atomic E-state index is 13.5. The summed E-state index contributed by atoms with van der Waals surface area (Å²) in [6.45, 7) is 4.77. The minimum Gasteiger partial charge on any atom is -0.379 e. The van der Waals surface area contributed by atoms with E-state index in [2.05, 4.69) is 9.88 Å². The van der Waals surface area contributed by atoms with Gasteiger partial charge < -0.3 is 4.74 Å². The van der Waals surface area contributed by atoms with E-state index in [0.717, 1.165) is 45.3 Å². The number of pyridine rings is 1. The van der Waals surface area contributed by atoms with Crippen LogP contribution in [-0.2, 0) is 14.8 Å². The standard InChI is InChI=1S/C22H28FN3O3S/c23-18-13-17-14-20(1-2-21(17)24-16-18)30(27,28)26-7-5-22(6-8-26)4-3-19(15-22)25-9-11-29-12-10-25/h1-2,13-14,16,19H,3-12,15H2. The summed E-state index contributed by atoms with van der Waals surface area (Å²) in [7, 11) is -3.59. The number of morpholine rings is 1. The minimum atomic E-state index is -3.59. The van der Waals surface area contributed by atoms with Crippen LogP contribution in [0, 0.1) is 11.2 Å². The van der Waals surface area contributed by atoms with Crippen LogP contribution in [0.15, 0.2) is 35.4 Å². The largest absolute Gasteiger partial charge is 0.379 e. The van der Waals surface area contributed by atoms with Crippen molar-refractivity contribution < 1.29 is 17.5 Å². The molecule has 2 saturated heterocycles. The van der Waals surface area contributed by atoms with Gasteiger partial charge in [-0.05, 0) is 61.8 Å². The first kappa shape index (κ1) is 20.3. The van der Waals surface area contributed by atoms with Crippen LogP contribution < -0.4 is 0 Å². The second kappa shape index (κ2) is 7.82. The zero-order chi connectivity index (χ0) is 20.8. The van der Waals surface area contributed by atoms with E-state index < -0.39 is 15.8 Å². The van der Waals surface area contributed by atoms with Gasteiger partial charge in [-0.1, -0.05) is 0 Å². The molecule has 1 aromatic carbocycles. The molecule has 2 aromatic rings. The number of hydrogen-bond donors (Lipinski definition) is 0. The van der Waals surface area contributed by atoms with Crippen molar-refractivity contribution in [3.63, 3.8) is 0 Å². The molecule has 1 unspecified atom stereocenters. The molecular formula is C22H28FN3O3S. The topological polar surface area (TPSA) is 62.7 Å². The Labute approximate surface area is 177 Å². The third kappa shape index (κ3) is 3.75. The van der Waals surface area contributed by atoms with Gasteiger partial charge in [0.25, 0.3) is 0 Å². The molecule has 5 rings (SSSR count). The molecule has 8 heteroatoms. The number of piperidine rings is 1. The highest BCUT2D eigenvalue weighted by Crippen LogP contribution is 2.48. The summed E-state index contributed by atoms with van der Waals surface area (Å²) in [5, 5.41) is 0.508. The van der Waals surface area contributed by atoms with Gasteiger partial charge in [0.15, 0.2) is 0 Å². The number of rotatable bonds is 3. The first-order valence-electron chi connectivity index (χ1n) is 10.8. The van der Waals surface area contributed by atoms with Crippen LogP contribution in [-0.4, -0.2) is 68.0 Å². The van der Waals surface area contributed by atoms with E-state index in [0.29, 0.717) is 30.0 Å². The number of sulfonamides is 1. The van der Waals surface area contributed by atoms with Crippen molar-refractivity contribution in [1.29, 1.82) is 0 Å². The van der Waals surface area contributed by atoms with E-state index in [1.54, 1.807) is 16.4 Å². The van der Waals surface area contributed by atoms with Crippen molar-refractivity contribution in [2.75, 3.05) is 39.4 Å². The van der Waals surface area contributed by atoms with Gasteiger partial charge in [-0.3, -0.25) is 9.88 Å². The van der Waals surface area contributed by atoms with E-state index in [9.17, 15) is 12.8 Å². The smallest absolute Gasteiger partial charge is 0.243 e. The number of hydrogen-bond acceptors (Lipinski definition) is 5. The average molecular weight is 434 g/mol. The highest BCUT2D eigenvalue weighted by atomic mass is 32.2. The molecule has 1 spiro atoms. The Morgan fingerprint density at radius 3 is 2.60 bits per heavy atom. The molecule has 162 valence electrons. The number of halogens is 1. The molecule has 2 aliphatic heterocycles. The van der Waals surface area contributed by atoms with Crippen molar-refractivity contribution in [2.45, 2.75) is 43.0 Å². The third-order valence-corrected chi connectivity index (χ3v) is 9.17. The Balaban J connectivity index is 1.28. The normalized spacial score (nSPS) is 25.8. The predicted molar refractivity (Wildman–Crippen MR) is 112 cm³/mol. The Morgan fingerprint density at radius 1 is 1.07 bits per heavy atom. The maximum Gasteiger partial charge on any atom is 0.243 e. The second-order valence-electron chi connectivity index (χ2n) is 8.96. The van der Waals surface area contributed by atoms with Gasteiger partial charge in [-0.25, -0.2) is 12.8 Å². The Bertz CT molecular complexity index is 1030. The van der Waals surface area contributed by atoms with Gasteiger partial charge in [-0.15, -0.1) is 0 Å². The molecular weight excluding hydrogens is 405 g/mol. The van der Waals surface area contributed by atoms with Crippen LogP contribution >= 0.6 is 0 Å². The first-order valence-corrected chi connectivity index (χ1v) is 12.3. The number of ether oxygens (including phenoxy) is 1. The van der Waals surface area contributed by atoms with Crippen LogP contribution in [0.3, 0.4) is 0 Å². The summed E-state index contributed by atoms with van der Waals surface area (Å²) in [4.78, 5) is 6.79. The summed E-state index contributed by atoms with van der Waals surface area (Å²) in [6.07, 6.45) is 6.53. The third-order valence-electron chi connectivity index (χ3n) is 7.28. The van der Waals surface area contributed by atoms with Crippen molar-refractivity contribution in [3.8, 4) is 0 Å². The molecule has 1 aliphatic carbocycles. The van der Waals surface area contributed by atoms with Crippen molar-refractivity contribution in [3.05, 3.63) is 36.3 Å². The SMILES string of the molecule is O=S(=O)(c1ccc2ncc(F)cc2c1)N1CCC2(CCC(N3CCOCC3)C2)CC1. The lowest BCUT2D eigenvalue weighted by atomic mass is 9.77. The summed E-state index contributed by atoms with van der Waals surface area (Å²) in [6, 6.07) is 6.71. The second-order valence-corrected chi connectivity index (χ2v) is 10.9. The van der Waals surface area contributed by atoms with Gasteiger partial charge in [0.1, 0.15) is 5.82 Å². The summed E-state index contributed by atoms with van der Waals surface area (Å²) < 4.78 is 47.1. The molecule has 3 fully saturated rings. The van der Waals surface area contributed by atoms with Gasteiger partial charge in [0, 0.05) is 37.6 Å². The van der Waals surface area contributed by atoms with E-state index in [4.69, 9.17) is 4.74 Å². The van der Waals surface area contributed by atoms with Gasteiger partial charge in [0.05, 0.1) is 29.8 Å². The number of nitrogens with zero attached hydrogens (tertiary/aromatic N) is 3. The van der Waals surface area contributed by atoms with E-state index >= 15 is 0 Å². The fourth-order valence-electron chi connectivity index (χ4n) is 5.48. The highest BCUT2D eigenvalue weighted by Gasteiger charge is 2.45. The van der Waals surface area contributed by atoms with Crippen LogP contribution in [0.25, 0.3) is 10.9 Å². The van der Waals surface area contributed by atoms with E-state index in [1.165, 1.54) is 31.4 Å². The Hall–Kier alpha value is -1.61. The molecule has 0 N–H and O–H groups in total. The molecule has 1 aromatic heterocycles. The number of aromatic nitrogens is 1. The number of fused-ring (bicyclic) bond motifs is 1. The van der Waals surface area contributed by atoms with Gasteiger partial charge >= 0.3 is 0 Å². The van der Waals surface area contributed by atoms with E-state index in [-0.39, 0.29) is 10.3 Å². The van der Waals surface area contributed by atoms with Gasteiger partial charge in [-0.2, -0.15) is 4.31 Å².